The van der Waals surface area contributed by atoms with Gasteiger partial charge in [0, 0.05) is 12.6 Å². The van der Waals surface area contributed by atoms with Crippen LogP contribution in [0.4, 0.5) is 0 Å². The predicted molar refractivity (Wildman–Crippen MR) is 48.1 cm³/mol. The minimum atomic E-state index is 0.255. The van der Waals surface area contributed by atoms with E-state index in [1.54, 1.807) is 28.9 Å². The van der Waals surface area contributed by atoms with Crippen molar-refractivity contribution in [2.75, 3.05) is 0 Å². The number of aromatic nitrogens is 3. The number of nitrogens with zero attached hydrogens (tertiary/aromatic N) is 3. The van der Waals surface area contributed by atoms with Crippen molar-refractivity contribution in [3.8, 4) is 17.1 Å². The van der Waals surface area contributed by atoms with Crippen molar-refractivity contribution in [1.29, 1.82) is 0 Å². The second-order valence-electron chi connectivity index (χ2n) is 2.75. The SMILES string of the molecule is Cn1ncnc1-c1ccc(O)cc1. The quantitative estimate of drug-likeness (QED) is 0.708. The van der Waals surface area contributed by atoms with Gasteiger partial charge in [-0.05, 0) is 24.3 Å². The Bertz CT molecular complexity index is 405. The highest BCUT2D eigenvalue weighted by atomic mass is 16.3. The van der Waals surface area contributed by atoms with Crippen LogP contribution in [0.1, 0.15) is 0 Å². The zero-order valence-corrected chi connectivity index (χ0v) is 7.18. The maximum atomic E-state index is 9.08. The van der Waals surface area contributed by atoms with Gasteiger partial charge in [0.25, 0.3) is 0 Å². The third-order valence-corrected chi connectivity index (χ3v) is 1.84. The molecule has 0 aliphatic rings. The fourth-order valence-corrected chi connectivity index (χ4v) is 1.17. The van der Waals surface area contributed by atoms with E-state index in [9.17, 15) is 0 Å². The summed E-state index contributed by atoms with van der Waals surface area (Å²) in [7, 11) is 1.83. The third kappa shape index (κ3) is 1.38. The van der Waals surface area contributed by atoms with E-state index in [0.717, 1.165) is 11.4 Å². The van der Waals surface area contributed by atoms with E-state index >= 15 is 0 Å². The zero-order chi connectivity index (χ0) is 9.26. The van der Waals surface area contributed by atoms with Crippen LogP contribution < -0.4 is 0 Å². The Balaban J connectivity index is 2.47. The smallest absolute Gasteiger partial charge is 0.157 e. The van der Waals surface area contributed by atoms with Crippen molar-refractivity contribution < 1.29 is 5.11 Å². The molecule has 2 aromatic rings. The lowest BCUT2D eigenvalue weighted by molar-refractivity contribution is 0.475. The Labute approximate surface area is 75.5 Å². The van der Waals surface area contributed by atoms with Crippen LogP contribution in [-0.4, -0.2) is 19.9 Å². The van der Waals surface area contributed by atoms with Gasteiger partial charge in [-0.25, -0.2) is 9.67 Å². The molecule has 1 N–H and O–H groups in total. The van der Waals surface area contributed by atoms with Crippen LogP contribution in [0.2, 0.25) is 0 Å². The van der Waals surface area contributed by atoms with Crippen molar-refractivity contribution >= 4 is 0 Å². The van der Waals surface area contributed by atoms with Crippen LogP contribution in [0.15, 0.2) is 30.6 Å². The van der Waals surface area contributed by atoms with Gasteiger partial charge in [0.2, 0.25) is 0 Å². The Hall–Kier alpha value is -1.84. The predicted octanol–water partition coefficient (Wildman–Crippen LogP) is 1.19. The molecule has 0 aliphatic carbocycles. The standard InChI is InChI=1S/C9H9N3O/c1-12-9(10-6-11-12)7-2-4-8(13)5-3-7/h2-6,13H,1H3. The Morgan fingerprint density at radius 1 is 1.23 bits per heavy atom. The summed E-state index contributed by atoms with van der Waals surface area (Å²) in [5.74, 6) is 1.05. The van der Waals surface area contributed by atoms with E-state index in [0.29, 0.717) is 0 Å². The molecule has 0 saturated heterocycles. The average molecular weight is 175 g/mol. The highest BCUT2D eigenvalue weighted by molar-refractivity contribution is 5.55. The summed E-state index contributed by atoms with van der Waals surface area (Å²) >= 11 is 0. The summed E-state index contributed by atoms with van der Waals surface area (Å²) in [6.45, 7) is 0. The van der Waals surface area contributed by atoms with Crippen LogP contribution in [0.3, 0.4) is 0 Å². The first-order chi connectivity index (χ1) is 6.27. The number of aromatic hydroxyl groups is 1. The van der Waals surface area contributed by atoms with Crippen LogP contribution >= 0.6 is 0 Å². The molecule has 0 atom stereocenters. The number of hydrogen-bond acceptors (Lipinski definition) is 3. The molecule has 0 saturated carbocycles. The fraction of sp³-hybridized carbons (Fsp3) is 0.111. The molecule has 0 unspecified atom stereocenters. The van der Waals surface area contributed by atoms with Gasteiger partial charge in [-0.3, -0.25) is 0 Å². The normalized spacial score (nSPS) is 10.2. The summed E-state index contributed by atoms with van der Waals surface area (Å²) in [6.07, 6.45) is 1.50. The molecular formula is C9H9N3O. The highest BCUT2D eigenvalue weighted by Gasteiger charge is 2.02. The van der Waals surface area contributed by atoms with Gasteiger partial charge in [-0.2, -0.15) is 5.10 Å². The van der Waals surface area contributed by atoms with Gasteiger partial charge in [0.15, 0.2) is 5.82 Å². The molecule has 0 fully saturated rings. The van der Waals surface area contributed by atoms with Crippen molar-refractivity contribution in [2.24, 2.45) is 7.05 Å². The van der Waals surface area contributed by atoms with Gasteiger partial charge in [0.05, 0.1) is 0 Å². The molecule has 1 aromatic heterocycles. The monoisotopic (exact) mass is 175 g/mol. The first-order valence-electron chi connectivity index (χ1n) is 3.91. The minimum Gasteiger partial charge on any atom is -0.508 e. The average Bonchev–Trinajstić information content (AvgIpc) is 2.53. The van der Waals surface area contributed by atoms with Gasteiger partial charge in [-0.1, -0.05) is 0 Å². The number of rotatable bonds is 1. The van der Waals surface area contributed by atoms with Crippen LogP contribution in [0.5, 0.6) is 5.75 Å². The lowest BCUT2D eigenvalue weighted by Crippen LogP contribution is -1.93. The molecule has 0 aliphatic heterocycles. The second-order valence-corrected chi connectivity index (χ2v) is 2.75. The molecular weight excluding hydrogens is 166 g/mol. The van der Waals surface area contributed by atoms with Crippen LogP contribution in [-0.2, 0) is 7.05 Å². The van der Waals surface area contributed by atoms with E-state index in [2.05, 4.69) is 10.1 Å². The third-order valence-electron chi connectivity index (χ3n) is 1.84. The molecule has 0 spiro atoms. The second kappa shape index (κ2) is 2.90. The molecule has 0 radical (unpaired) electrons. The molecule has 2 rings (SSSR count). The first-order valence-corrected chi connectivity index (χ1v) is 3.91. The van der Waals surface area contributed by atoms with Gasteiger partial charge in [0.1, 0.15) is 12.1 Å². The number of aryl methyl sites for hydroxylation is 1. The van der Waals surface area contributed by atoms with Gasteiger partial charge < -0.3 is 5.11 Å². The highest BCUT2D eigenvalue weighted by Crippen LogP contribution is 2.18. The van der Waals surface area contributed by atoms with Crippen molar-refractivity contribution in [3.63, 3.8) is 0 Å². The van der Waals surface area contributed by atoms with Crippen molar-refractivity contribution in [3.05, 3.63) is 30.6 Å². The number of benzene rings is 1. The summed E-state index contributed by atoms with van der Waals surface area (Å²) in [5.41, 5.74) is 0.942. The summed E-state index contributed by atoms with van der Waals surface area (Å²) in [5, 5.41) is 13.0. The maximum Gasteiger partial charge on any atom is 0.157 e. The maximum absolute atomic E-state index is 9.08. The van der Waals surface area contributed by atoms with Gasteiger partial charge in [-0.15, -0.1) is 0 Å². The molecule has 0 amide bonds. The molecule has 1 heterocycles. The fourth-order valence-electron chi connectivity index (χ4n) is 1.17. The lowest BCUT2D eigenvalue weighted by atomic mass is 10.2. The molecule has 66 valence electrons. The van der Waals surface area contributed by atoms with E-state index in [-0.39, 0.29) is 5.75 Å². The van der Waals surface area contributed by atoms with E-state index in [4.69, 9.17) is 5.11 Å². The topological polar surface area (TPSA) is 50.9 Å². The number of hydrogen-bond donors (Lipinski definition) is 1. The first kappa shape index (κ1) is 7.79. The Morgan fingerprint density at radius 3 is 2.46 bits per heavy atom. The summed E-state index contributed by atoms with van der Waals surface area (Å²) in [4.78, 5) is 4.09. The van der Waals surface area contributed by atoms with E-state index < -0.39 is 0 Å². The minimum absolute atomic E-state index is 0.255. The summed E-state index contributed by atoms with van der Waals surface area (Å²) in [6, 6.07) is 6.87. The Morgan fingerprint density at radius 2 is 1.92 bits per heavy atom. The number of phenols is 1. The van der Waals surface area contributed by atoms with Gasteiger partial charge >= 0.3 is 0 Å². The van der Waals surface area contributed by atoms with Crippen LogP contribution in [0.25, 0.3) is 11.4 Å². The summed E-state index contributed by atoms with van der Waals surface area (Å²) < 4.78 is 1.69. The zero-order valence-electron chi connectivity index (χ0n) is 7.18. The Kier molecular flexibility index (Phi) is 1.73. The van der Waals surface area contributed by atoms with E-state index in [1.165, 1.54) is 6.33 Å². The van der Waals surface area contributed by atoms with Crippen LogP contribution in [0, 0.1) is 0 Å². The van der Waals surface area contributed by atoms with Crippen molar-refractivity contribution in [1.82, 2.24) is 14.8 Å². The van der Waals surface area contributed by atoms with Crippen molar-refractivity contribution in [2.45, 2.75) is 0 Å². The molecule has 0 bridgehead atoms. The van der Waals surface area contributed by atoms with E-state index in [1.807, 2.05) is 7.05 Å². The molecule has 4 nitrogen and oxygen atoms in total. The lowest BCUT2D eigenvalue weighted by Gasteiger charge is -1.99. The number of phenolic OH excluding ortho intramolecular Hbond substituents is 1. The molecule has 1 aromatic carbocycles. The molecule has 4 heteroatoms. The molecule has 13 heavy (non-hydrogen) atoms. The largest absolute Gasteiger partial charge is 0.508 e.